The average molecular weight is 471 g/mol. The summed E-state index contributed by atoms with van der Waals surface area (Å²) in [5.74, 6) is -0.209. The largest absolute Gasteiger partial charge is 0.872 e. The minimum atomic E-state index is -0.499. The van der Waals surface area contributed by atoms with Gasteiger partial charge in [0.1, 0.15) is 0 Å². The monoisotopic (exact) mass is 469 g/mol. The highest BCUT2D eigenvalue weighted by molar-refractivity contribution is 6.41. The number of anilines is 2. The first kappa shape index (κ1) is 21.3. The smallest absolute Gasteiger partial charge is 0.323 e. The van der Waals surface area contributed by atoms with Crippen LogP contribution in [0.1, 0.15) is 5.56 Å². The van der Waals surface area contributed by atoms with Crippen LogP contribution in [-0.4, -0.2) is 6.03 Å². The third-order valence-corrected chi connectivity index (χ3v) is 5.89. The van der Waals surface area contributed by atoms with Gasteiger partial charge in [0, 0.05) is 21.5 Å². The topological polar surface area (TPSA) is 64.2 Å². The summed E-state index contributed by atoms with van der Waals surface area (Å²) in [4.78, 5) is 12.7. The molecule has 0 heterocycles. The second kappa shape index (κ2) is 8.67. The van der Waals surface area contributed by atoms with E-state index in [9.17, 15) is 9.90 Å². The predicted molar refractivity (Wildman–Crippen MR) is 128 cm³/mol. The molecule has 7 heteroatoms. The fourth-order valence-corrected chi connectivity index (χ4v) is 4.05. The second-order valence-electron chi connectivity index (χ2n) is 7.05. The van der Waals surface area contributed by atoms with Crippen LogP contribution >= 0.6 is 34.8 Å². The lowest BCUT2D eigenvalue weighted by molar-refractivity contribution is -0.268. The van der Waals surface area contributed by atoms with Crippen molar-refractivity contribution in [1.82, 2.24) is 0 Å². The van der Waals surface area contributed by atoms with Gasteiger partial charge in [0.25, 0.3) is 0 Å². The van der Waals surface area contributed by atoms with E-state index in [4.69, 9.17) is 34.8 Å². The molecule has 0 spiro atoms. The molecule has 0 bridgehead atoms. The Hall–Kier alpha value is -2.92. The Morgan fingerprint density at radius 2 is 1.55 bits per heavy atom. The molecule has 4 rings (SSSR count). The molecule has 0 aliphatic rings. The van der Waals surface area contributed by atoms with Crippen LogP contribution in [0.15, 0.2) is 66.7 Å². The molecule has 0 radical (unpaired) electrons. The zero-order chi connectivity index (χ0) is 22.1. The van der Waals surface area contributed by atoms with Crippen LogP contribution in [0.2, 0.25) is 15.1 Å². The molecule has 4 nitrogen and oxygen atoms in total. The van der Waals surface area contributed by atoms with Crippen molar-refractivity contribution in [3.63, 3.8) is 0 Å². The van der Waals surface area contributed by atoms with E-state index >= 15 is 0 Å². The summed E-state index contributed by atoms with van der Waals surface area (Å²) in [5.41, 5.74) is 3.75. The molecule has 0 saturated heterocycles. The number of carbonyl (C=O) groups excluding carboxylic acids is 1. The zero-order valence-corrected chi connectivity index (χ0v) is 18.6. The van der Waals surface area contributed by atoms with E-state index < -0.39 is 6.03 Å². The lowest BCUT2D eigenvalue weighted by Crippen LogP contribution is -2.20. The summed E-state index contributed by atoms with van der Waals surface area (Å²) in [6, 6.07) is 18.6. The highest BCUT2D eigenvalue weighted by Crippen LogP contribution is 2.37. The molecule has 2 N–H and O–H groups in total. The van der Waals surface area contributed by atoms with Gasteiger partial charge in [-0.1, -0.05) is 77.3 Å². The Balaban J connectivity index is 1.60. The van der Waals surface area contributed by atoms with Crippen LogP contribution in [0.5, 0.6) is 5.75 Å². The zero-order valence-electron chi connectivity index (χ0n) is 16.3. The fourth-order valence-electron chi connectivity index (χ4n) is 3.28. The second-order valence-corrected chi connectivity index (χ2v) is 8.27. The van der Waals surface area contributed by atoms with Crippen LogP contribution in [0, 0.1) is 6.92 Å². The van der Waals surface area contributed by atoms with Gasteiger partial charge in [-0.3, -0.25) is 0 Å². The molecule has 4 aromatic rings. The number of hydrogen-bond donors (Lipinski definition) is 2. The molecule has 4 aromatic carbocycles. The van der Waals surface area contributed by atoms with Gasteiger partial charge in [0.2, 0.25) is 0 Å². The van der Waals surface area contributed by atoms with Crippen LogP contribution in [0.25, 0.3) is 21.9 Å². The number of carbonyl (C=O) groups is 1. The lowest BCUT2D eigenvalue weighted by Gasteiger charge is -2.15. The van der Waals surface area contributed by atoms with Crippen LogP contribution in [-0.2, 0) is 0 Å². The molecule has 2 amide bonds. The van der Waals surface area contributed by atoms with E-state index in [1.807, 2.05) is 43.3 Å². The third kappa shape index (κ3) is 4.57. The number of nitrogens with one attached hydrogen (secondary N) is 2. The minimum absolute atomic E-state index is 0.209. The highest BCUT2D eigenvalue weighted by atomic mass is 35.5. The standard InChI is InChI=1S/C24H17Cl3N2O2/c1-13-5-6-15(10-20(13)25)14-3-2-4-16(9-14)28-24(31)29-23-19-11-17(30)7-8-18(19)21(26)12-22(23)27/h2-12,30H,1H3,(H2,28,29,31)/p-1. The van der Waals surface area contributed by atoms with Crippen molar-refractivity contribution in [3.05, 3.63) is 87.4 Å². The van der Waals surface area contributed by atoms with Gasteiger partial charge in [-0.25, -0.2) is 4.79 Å². The Labute approximate surface area is 194 Å². The number of amides is 2. The van der Waals surface area contributed by atoms with Crippen molar-refractivity contribution in [3.8, 4) is 16.9 Å². The average Bonchev–Trinajstić information content (AvgIpc) is 2.73. The molecule has 156 valence electrons. The fraction of sp³-hybridized carbons (Fsp3) is 0.0417. The Bertz CT molecular complexity index is 1320. The summed E-state index contributed by atoms with van der Waals surface area (Å²) in [6.07, 6.45) is 0. The molecule has 0 aromatic heterocycles. The number of benzene rings is 4. The number of halogens is 3. The number of rotatable bonds is 3. The van der Waals surface area contributed by atoms with Gasteiger partial charge >= 0.3 is 6.03 Å². The van der Waals surface area contributed by atoms with Gasteiger partial charge in [-0.05, 0) is 47.9 Å². The van der Waals surface area contributed by atoms with E-state index in [1.165, 1.54) is 18.2 Å². The third-order valence-electron chi connectivity index (χ3n) is 4.87. The van der Waals surface area contributed by atoms with Crippen molar-refractivity contribution in [2.45, 2.75) is 6.92 Å². The normalized spacial score (nSPS) is 10.8. The molecular weight excluding hydrogens is 455 g/mol. The molecule has 0 unspecified atom stereocenters. The molecule has 0 aliphatic carbocycles. The summed E-state index contributed by atoms with van der Waals surface area (Å²) in [5, 5.41) is 19.8. The van der Waals surface area contributed by atoms with E-state index in [-0.39, 0.29) is 10.8 Å². The molecule has 0 saturated carbocycles. The SMILES string of the molecule is Cc1ccc(-c2cccc(NC(=O)Nc3c(Cl)cc(Cl)c4ccc([O-])cc34)c2)cc1Cl. The van der Waals surface area contributed by atoms with E-state index in [0.717, 1.165) is 16.7 Å². The maximum absolute atomic E-state index is 12.7. The van der Waals surface area contributed by atoms with Crippen molar-refractivity contribution in [2.75, 3.05) is 10.6 Å². The molecule has 0 atom stereocenters. The quantitative estimate of drug-likeness (QED) is 0.326. The maximum atomic E-state index is 12.7. The highest BCUT2D eigenvalue weighted by Gasteiger charge is 2.13. The summed E-state index contributed by atoms with van der Waals surface area (Å²) < 4.78 is 0. The van der Waals surface area contributed by atoms with Crippen molar-refractivity contribution in [2.24, 2.45) is 0 Å². The number of urea groups is 1. The van der Waals surface area contributed by atoms with Crippen molar-refractivity contribution >= 4 is 63.0 Å². The summed E-state index contributed by atoms with van der Waals surface area (Å²) in [6.45, 7) is 1.94. The maximum Gasteiger partial charge on any atom is 0.323 e. The Morgan fingerprint density at radius 3 is 2.32 bits per heavy atom. The van der Waals surface area contributed by atoms with Crippen LogP contribution in [0.4, 0.5) is 16.2 Å². The molecule has 0 aliphatic heterocycles. The Morgan fingerprint density at radius 1 is 0.774 bits per heavy atom. The first-order chi connectivity index (χ1) is 14.8. The lowest BCUT2D eigenvalue weighted by atomic mass is 10.0. The molecule has 0 fully saturated rings. The number of aryl methyl sites for hydroxylation is 1. The summed E-state index contributed by atoms with van der Waals surface area (Å²) >= 11 is 18.8. The molecular formula is C24H16Cl3N2O2-. The number of fused-ring (bicyclic) bond motifs is 1. The van der Waals surface area contributed by atoms with Gasteiger partial charge < -0.3 is 15.7 Å². The van der Waals surface area contributed by atoms with Crippen molar-refractivity contribution < 1.29 is 9.90 Å². The van der Waals surface area contributed by atoms with E-state index in [0.29, 0.717) is 32.2 Å². The first-order valence-electron chi connectivity index (χ1n) is 9.35. The van der Waals surface area contributed by atoms with E-state index in [1.54, 1.807) is 12.1 Å². The minimum Gasteiger partial charge on any atom is -0.872 e. The van der Waals surface area contributed by atoms with Gasteiger partial charge in [-0.15, -0.1) is 5.75 Å². The van der Waals surface area contributed by atoms with Crippen LogP contribution < -0.4 is 15.7 Å². The molecule has 31 heavy (non-hydrogen) atoms. The predicted octanol–water partition coefficient (Wildman–Crippen LogP) is 7.49. The van der Waals surface area contributed by atoms with E-state index in [2.05, 4.69) is 10.6 Å². The summed E-state index contributed by atoms with van der Waals surface area (Å²) in [7, 11) is 0. The van der Waals surface area contributed by atoms with Gasteiger partial charge in [0.05, 0.1) is 15.7 Å². The van der Waals surface area contributed by atoms with Gasteiger partial charge in [0.15, 0.2) is 0 Å². The van der Waals surface area contributed by atoms with Crippen molar-refractivity contribution in [1.29, 1.82) is 0 Å². The van der Waals surface area contributed by atoms with Crippen LogP contribution in [0.3, 0.4) is 0 Å². The number of hydrogen-bond acceptors (Lipinski definition) is 2. The van der Waals surface area contributed by atoms with Gasteiger partial charge in [-0.2, -0.15) is 0 Å². The Kier molecular flexibility index (Phi) is 5.96. The first-order valence-corrected chi connectivity index (χ1v) is 10.5.